The summed E-state index contributed by atoms with van der Waals surface area (Å²) >= 11 is 3.34. The van der Waals surface area contributed by atoms with Crippen LogP contribution in [-0.4, -0.2) is 243 Å². The number of aliphatic hydroxyl groups is 3. The van der Waals surface area contributed by atoms with Crippen molar-refractivity contribution < 1.29 is 44.1 Å². The Morgan fingerprint density at radius 1 is 0.409 bits per heavy atom. The van der Waals surface area contributed by atoms with Crippen molar-refractivity contribution in [2.75, 3.05) is 93.8 Å². The number of aromatic nitrogens is 15. The highest BCUT2D eigenvalue weighted by Crippen LogP contribution is 2.42. The van der Waals surface area contributed by atoms with E-state index < -0.39 is 0 Å². The van der Waals surface area contributed by atoms with Crippen LogP contribution >= 0.6 is 15.9 Å². The van der Waals surface area contributed by atoms with Gasteiger partial charge in [0.1, 0.15) is 53.7 Å². The first-order valence-electron chi connectivity index (χ1n) is 39.7. The van der Waals surface area contributed by atoms with E-state index in [2.05, 4.69) is 139 Å². The van der Waals surface area contributed by atoms with E-state index in [1.807, 2.05) is 90.4 Å². The number of aromatic hydroxyl groups is 1. The molecule has 6 bridgehead atoms. The molecule has 4 N–H and O–H groups in total. The lowest BCUT2D eigenvalue weighted by Crippen LogP contribution is -2.68. The van der Waals surface area contributed by atoms with Crippen molar-refractivity contribution in [3.63, 3.8) is 0 Å². The Kier molecular flexibility index (Phi) is 21.8. The van der Waals surface area contributed by atoms with E-state index in [1.54, 1.807) is 55.3 Å². The molecule has 0 aromatic carbocycles. The number of rotatable bonds is 22. The summed E-state index contributed by atoms with van der Waals surface area (Å²) in [5, 5.41) is 55.8. The Labute approximate surface area is 673 Å². The molecule has 9 aliphatic heterocycles. The van der Waals surface area contributed by atoms with E-state index in [1.165, 1.54) is 42.3 Å². The summed E-state index contributed by atoms with van der Waals surface area (Å²) in [5.41, 5.74) is 11.4. The largest absolute Gasteiger partial charge is 0.506 e. The molecule has 596 valence electrons. The minimum absolute atomic E-state index is 0.0162. The van der Waals surface area contributed by atoms with Gasteiger partial charge in [-0.05, 0) is 147 Å². The molecule has 3 aliphatic carbocycles. The predicted octanol–water partition coefficient (Wildman–Crippen LogP) is 9.13. The number of hydrogen-bond donors (Lipinski definition) is 4. The lowest BCUT2D eigenvalue weighted by atomic mass is 9.83. The van der Waals surface area contributed by atoms with Crippen LogP contribution in [0.4, 0.5) is 17.5 Å². The molecule has 6 atom stereocenters. The minimum Gasteiger partial charge on any atom is -0.506 e. The number of nitrogens with zero attached hydrogens (tertiary/aromatic N) is 21. The lowest BCUT2D eigenvalue weighted by molar-refractivity contribution is -0.00879. The van der Waals surface area contributed by atoms with Gasteiger partial charge in [-0.2, -0.15) is 10.2 Å². The number of piperidine rings is 3. The van der Waals surface area contributed by atoms with Crippen LogP contribution in [0.1, 0.15) is 74.5 Å². The molecule has 0 amide bonds. The van der Waals surface area contributed by atoms with Gasteiger partial charge in [0, 0.05) is 189 Å². The Morgan fingerprint density at radius 2 is 0.791 bits per heavy atom. The molecule has 31 heteroatoms. The number of pyridine rings is 9. The first-order valence-corrected chi connectivity index (χ1v) is 40.8. The molecule has 12 aromatic rings. The summed E-state index contributed by atoms with van der Waals surface area (Å²) in [6.07, 6.45) is 30.0. The molecule has 9 saturated heterocycles. The number of alkyl halides is 1. The molecule has 3 saturated carbocycles. The number of halogens is 1. The number of ether oxygens (including phenoxy) is 5. The molecule has 24 rings (SSSR count). The van der Waals surface area contributed by atoms with Gasteiger partial charge < -0.3 is 58.8 Å². The van der Waals surface area contributed by atoms with Crippen LogP contribution in [-0.2, 0) is 19.6 Å². The van der Waals surface area contributed by atoms with E-state index in [0.29, 0.717) is 84.6 Å². The van der Waals surface area contributed by atoms with Crippen LogP contribution in [0.15, 0.2) is 166 Å². The van der Waals surface area contributed by atoms with Crippen molar-refractivity contribution in [2.24, 2.45) is 17.8 Å². The second kappa shape index (κ2) is 33.2. The minimum atomic E-state index is -0.179. The number of anilines is 3. The smallest absolute Gasteiger partial charge is 0.212 e. The van der Waals surface area contributed by atoms with Crippen molar-refractivity contribution >= 4 is 50.3 Å². The molecular formula is C84H94BrN21O9. The highest BCUT2D eigenvalue weighted by Gasteiger charge is 2.47. The monoisotopic (exact) mass is 1620 g/mol. The number of fused-ring (bicyclic) bond motifs is 9. The molecule has 12 fully saturated rings. The zero-order valence-corrected chi connectivity index (χ0v) is 66.1. The third-order valence-corrected chi connectivity index (χ3v) is 25.1. The summed E-state index contributed by atoms with van der Waals surface area (Å²) in [5.74, 6) is 8.15. The van der Waals surface area contributed by atoms with Crippen molar-refractivity contribution in [2.45, 2.75) is 132 Å². The third kappa shape index (κ3) is 16.5. The second-order valence-electron chi connectivity index (χ2n) is 31.9. The standard InChI is InChI=1S/2C28H31N7O3.C23H23N7O2.C5H9BrO/c1-37-27-5-2-18(10-30-27)12-35-21-8-22(35)14-33(13-21)26-4-3-20(11-29-26)25-9-24(15-34-17-31-32-28(25)34)38-16-19-6-23(36)7-19;1-37-27-5-2-18(10-30-27)12-34-21-8-22(34)14-33(13-21)26-4-3-20(11-29-26)25-9-24(15-35-28(25)31-17-32-35)38-16-19-6-23(36)7-19;1-32-22-5-2-15(8-25-22)10-29-17-6-18(29)12-28(11-17)21-4-3-16(9-24-21)20-7-19(31)13-30-23(20)26-14-27-30;6-3-4-1-5(7)2-4/h2*2-5,9-11,15,17,19,21-23,36H,6-8,12-14,16H2,1H3;2-5,7-9,13-14,17-18,31H,6,10-12H2,1H3;4-5,7H,1-3H2. The summed E-state index contributed by atoms with van der Waals surface area (Å²) in [6.45, 7) is 9.77. The van der Waals surface area contributed by atoms with Gasteiger partial charge in [-0.3, -0.25) is 19.1 Å². The van der Waals surface area contributed by atoms with E-state index in [0.717, 1.165) is 182 Å². The maximum Gasteiger partial charge on any atom is 0.212 e. The van der Waals surface area contributed by atoms with E-state index >= 15 is 0 Å². The van der Waals surface area contributed by atoms with E-state index in [4.69, 9.17) is 43.7 Å². The van der Waals surface area contributed by atoms with E-state index in [9.17, 15) is 15.3 Å². The Balaban J connectivity index is 0.000000115. The second-order valence-corrected chi connectivity index (χ2v) is 32.5. The van der Waals surface area contributed by atoms with Gasteiger partial charge in [0.15, 0.2) is 16.9 Å². The number of hydrogen-bond acceptors (Lipinski definition) is 27. The van der Waals surface area contributed by atoms with Crippen LogP contribution in [0.3, 0.4) is 0 Å². The van der Waals surface area contributed by atoms with Crippen molar-refractivity contribution in [3.8, 4) is 68.3 Å². The number of piperazine rings is 3. The molecule has 115 heavy (non-hydrogen) atoms. The lowest BCUT2D eigenvalue weighted by Gasteiger charge is -2.56. The van der Waals surface area contributed by atoms with Gasteiger partial charge in [-0.25, -0.2) is 48.9 Å². The summed E-state index contributed by atoms with van der Waals surface area (Å²) < 4.78 is 32.8. The van der Waals surface area contributed by atoms with Crippen molar-refractivity contribution in [1.82, 2.24) is 88.4 Å². The Morgan fingerprint density at radius 3 is 1.15 bits per heavy atom. The number of aliphatic hydroxyl groups excluding tert-OH is 3. The first-order chi connectivity index (χ1) is 56.2. The fourth-order valence-corrected chi connectivity index (χ4v) is 18.1. The zero-order chi connectivity index (χ0) is 78.2. The summed E-state index contributed by atoms with van der Waals surface area (Å²) in [4.78, 5) is 51.1. The van der Waals surface area contributed by atoms with Gasteiger partial charge in [0.05, 0.1) is 71.4 Å². The van der Waals surface area contributed by atoms with Gasteiger partial charge in [-0.15, -0.1) is 10.2 Å². The maximum atomic E-state index is 10.0. The fourth-order valence-electron chi connectivity index (χ4n) is 17.6. The zero-order valence-electron chi connectivity index (χ0n) is 64.5. The molecule has 12 aromatic heterocycles. The highest BCUT2D eigenvalue weighted by molar-refractivity contribution is 9.09. The van der Waals surface area contributed by atoms with Crippen LogP contribution in [0, 0.1) is 17.8 Å². The van der Waals surface area contributed by atoms with E-state index in [-0.39, 0.29) is 24.1 Å². The average molecular weight is 1620 g/mol. The van der Waals surface area contributed by atoms with Crippen LogP contribution in [0.5, 0.6) is 34.9 Å². The summed E-state index contributed by atoms with van der Waals surface area (Å²) in [6, 6.07) is 33.5. The van der Waals surface area contributed by atoms with Crippen LogP contribution in [0.2, 0.25) is 0 Å². The Hall–Kier alpha value is -10.8. The molecule has 0 radical (unpaired) electrons. The molecule has 21 heterocycles. The topological polar surface area (TPSA) is 314 Å². The molecule has 6 unspecified atom stereocenters. The van der Waals surface area contributed by atoms with Gasteiger partial charge in [-0.1, -0.05) is 34.1 Å². The van der Waals surface area contributed by atoms with Gasteiger partial charge in [0.2, 0.25) is 17.6 Å². The molecule has 0 spiro atoms. The Bertz CT molecular complexity index is 5030. The van der Waals surface area contributed by atoms with Gasteiger partial charge >= 0.3 is 0 Å². The third-order valence-electron chi connectivity index (χ3n) is 24.2. The first kappa shape index (κ1) is 75.5. The average Bonchev–Trinajstić information content (AvgIpc) is 1.47. The van der Waals surface area contributed by atoms with Crippen LogP contribution in [0.25, 0.3) is 50.3 Å². The fraction of sp³-hybridized carbons (Fsp3) is 0.429. The van der Waals surface area contributed by atoms with Crippen molar-refractivity contribution in [3.05, 3.63) is 182 Å². The molecule has 30 nitrogen and oxygen atoms in total. The SMILES string of the molecule is COc1ccc(CN2C3CC2CN(c2ccc(-c4cc(O)cn5ncnc45)cn2)C3)cn1.COc1ccc(CN2C3CC2CN(c2ccc(-c4cc(OCC5CC(O)C5)cn5cnnc45)cn2)C3)cn1.COc1ccc(CN2C3CC2CN(c2ccc(-c4cc(OCC5CC(O)C5)cn5ncnc45)cn2)C3)cn1.OC1CC(CBr)C1. The molecular weight excluding hydrogens is 1530 g/mol. The van der Waals surface area contributed by atoms with Crippen molar-refractivity contribution in [1.29, 1.82) is 0 Å². The van der Waals surface area contributed by atoms with Crippen LogP contribution < -0.4 is 38.4 Å². The maximum absolute atomic E-state index is 10.0. The van der Waals surface area contributed by atoms with Gasteiger partial charge in [0.25, 0.3) is 0 Å². The predicted molar refractivity (Wildman–Crippen MR) is 434 cm³/mol. The summed E-state index contributed by atoms with van der Waals surface area (Å²) in [7, 11) is 4.92. The highest BCUT2D eigenvalue weighted by atomic mass is 79.9. The molecule has 12 aliphatic rings. The normalized spacial score (nSPS) is 24.4. The quantitative estimate of drug-likeness (QED) is 0.0459. The number of methoxy groups -OCH3 is 3.